The highest BCUT2D eigenvalue weighted by molar-refractivity contribution is 8.03. The van der Waals surface area contributed by atoms with E-state index in [4.69, 9.17) is 32.0 Å². The van der Waals surface area contributed by atoms with Gasteiger partial charge in [-0.3, -0.25) is 10.1 Å². The molecule has 0 bridgehead atoms. The molecule has 0 aliphatic carbocycles. The number of alkyl halides is 2. The van der Waals surface area contributed by atoms with Crippen molar-refractivity contribution < 1.29 is 22.2 Å². The highest BCUT2D eigenvalue weighted by Gasteiger charge is 2.31. The van der Waals surface area contributed by atoms with Crippen molar-refractivity contribution in [2.24, 2.45) is 0 Å². The van der Waals surface area contributed by atoms with Crippen molar-refractivity contribution in [3.8, 4) is 11.3 Å². The first-order valence-corrected chi connectivity index (χ1v) is 10.3. The van der Waals surface area contributed by atoms with E-state index in [1.165, 1.54) is 0 Å². The summed E-state index contributed by atoms with van der Waals surface area (Å²) in [6.45, 7) is 1.95. The van der Waals surface area contributed by atoms with Crippen LogP contribution in [-0.4, -0.2) is 17.5 Å². The van der Waals surface area contributed by atoms with Gasteiger partial charge >= 0.3 is 5.88 Å². The topological polar surface area (TPSA) is 104 Å². The Morgan fingerprint density at radius 2 is 1.75 bits per heavy atom. The van der Waals surface area contributed by atoms with Crippen molar-refractivity contribution >= 4 is 49.9 Å². The fourth-order valence-corrected chi connectivity index (χ4v) is 3.82. The van der Waals surface area contributed by atoms with Gasteiger partial charge < -0.3 is 8.83 Å². The smallest absolute Gasteiger partial charge is 0.433 e. The van der Waals surface area contributed by atoms with E-state index in [0.29, 0.717) is 5.76 Å². The summed E-state index contributed by atoms with van der Waals surface area (Å²) in [5.41, 5.74) is 1.88. The Labute approximate surface area is 170 Å². The Hall–Kier alpha value is -2.55. The molecule has 0 amide bonds. The number of furan rings is 2. The zero-order valence-electron chi connectivity index (χ0n) is 14.3. The van der Waals surface area contributed by atoms with Gasteiger partial charge in [-0.15, -0.1) is 0 Å². The third-order valence-corrected chi connectivity index (χ3v) is 6.60. The van der Waals surface area contributed by atoms with E-state index in [-0.39, 0.29) is 11.5 Å². The third kappa shape index (κ3) is 4.14. The molecule has 0 N–H and O–H groups in total. The summed E-state index contributed by atoms with van der Waals surface area (Å²) in [4.78, 5) is 9.62. The molecule has 28 heavy (non-hydrogen) atoms. The lowest BCUT2D eigenvalue weighted by molar-refractivity contribution is -0.402. The Morgan fingerprint density at radius 1 is 1.07 bits per heavy atom. The molecule has 0 aliphatic heterocycles. The normalized spacial score (nSPS) is 12.5. The molecule has 10 heteroatoms. The molecule has 3 rings (SSSR count). The minimum absolute atomic E-state index is 0.183. The van der Waals surface area contributed by atoms with Crippen molar-refractivity contribution in [3.05, 3.63) is 75.7 Å². The van der Waals surface area contributed by atoms with Gasteiger partial charge in [-0.25, -0.2) is 8.42 Å². The van der Waals surface area contributed by atoms with Crippen LogP contribution in [0.1, 0.15) is 17.1 Å². The SMILES string of the molecule is Cc1ccc(-c2ccc(/C=C(/c3ccc([N+](=O)[O-])o3)S(=O)(=O)C(Cl)Cl)o2)cc1. The van der Waals surface area contributed by atoms with Crippen LogP contribution in [0.5, 0.6) is 0 Å². The molecule has 0 atom stereocenters. The van der Waals surface area contributed by atoms with Crippen LogP contribution in [0, 0.1) is 17.0 Å². The number of rotatable bonds is 6. The summed E-state index contributed by atoms with van der Waals surface area (Å²) in [5, 5.41) is 10.8. The van der Waals surface area contributed by atoms with E-state index in [0.717, 1.165) is 29.3 Å². The molecule has 0 spiro atoms. The Morgan fingerprint density at radius 3 is 2.32 bits per heavy atom. The van der Waals surface area contributed by atoms with Crippen LogP contribution in [0.3, 0.4) is 0 Å². The van der Waals surface area contributed by atoms with Gasteiger partial charge in [-0.05, 0) is 25.1 Å². The van der Waals surface area contributed by atoms with Crippen molar-refractivity contribution in [3.63, 3.8) is 0 Å². The largest absolute Gasteiger partial charge is 0.457 e. The molecule has 146 valence electrons. The minimum atomic E-state index is -4.25. The zero-order chi connectivity index (χ0) is 20.5. The number of nitrogens with zero attached hydrogens (tertiary/aromatic N) is 1. The summed E-state index contributed by atoms with van der Waals surface area (Å²) in [6, 6.07) is 13.0. The van der Waals surface area contributed by atoms with E-state index in [1.54, 1.807) is 12.1 Å². The van der Waals surface area contributed by atoms with E-state index >= 15 is 0 Å². The predicted octanol–water partition coefficient (Wildman–Crippen LogP) is 5.43. The van der Waals surface area contributed by atoms with Gasteiger partial charge in [0.15, 0.2) is 5.76 Å². The second-order valence-electron chi connectivity index (χ2n) is 5.78. The average molecular weight is 442 g/mol. The highest BCUT2D eigenvalue weighted by Crippen LogP contribution is 2.34. The molecule has 2 aromatic heterocycles. The number of hydrogen-bond donors (Lipinski definition) is 0. The number of nitro groups is 1. The van der Waals surface area contributed by atoms with Crippen LogP contribution in [-0.2, 0) is 9.84 Å². The van der Waals surface area contributed by atoms with E-state index in [9.17, 15) is 18.5 Å². The number of hydrogen-bond acceptors (Lipinski definition) is 6. The Kier molecular flexibility index (Phi) is 5.64. The molecule has 0 saturated carbocycles. The standard InChI is InChI=1S/C18H13Cl2NO6S/c1-11-2-4-12(5-3-11)14-7-6-13(26-14)10-16(28(24,25)18(19)20)15-8-9-17(27-15)21(22)23/h2-10,18H,1H3/b16-10-. The lowest BCUT2D eigenvalue weighted by Gasteiger charge is -2.06. The number of halogens is 2. The fourth-order valence-electron chi connectivity index (χ4n) is 2.38. The quantitative estimate of drug-likeness (QED) is 0.287. The van der Waals surface area contributed by atoms with Crippen molar-refractivity contribution in [1.82, 2.24) is 0 Å². The molecule has 0 saturated heterocycles. The van der Waals surface area contributed by atoms with Gasteiger partial charge in [0.05, 0.1) is 6.07 Å². The minimum Gasteiger partial charge on any atom is -0.457 e. The van der Waals surface area contributed by atoms with Gasteiger partial charge in [-0.1, -0.05) is 53.0 Å². The monoisotopic (exact) mass is 441 g/mol. The van der Waals surface area contributed by atoms with E-state index in [1.807, 2.05) is 31.2 Å². The molecule has 0 unspecified atom stereocenters. The first kappa shape index (κ1) is 20.2. The summed E-state index contributed by atoms with van der Waals surface area (Å²) in [6.07, 6.45) is 1.16. The first-order valence-electron chi connectivity index (χ1n) is 7.83. The van der Waals surface area contributed by atoms with Gasteiger partial charge in [-0.2, -0.15) is 0 Å². The summed E-state index contributed by atoms with van der Waals surface area (Å²) >= 11 is 11.2. The van der Waals surface area contributed by atoms with Crippen LogP contribution in [0.15, 0.2) is 57.4 Å². The molecule has 0 aliphatic rings. The maximum absolute atomic E-state index is 12.5. The number of aryl methyl sites for hydroxylation is 1. The van der Waals surface area contributed by atoms with E-state index < -0.39 is 29.7 Å². The summed E-state index contributed by atoms with van der Waals surface area (Å²) in [5.74, 6) is -0.188. The van der Waals surface area contributed by atoms with Crippen LogP contribution in [0.4, 0.5) is 5.88 Å². The maximum atomic E-state index is 12.5. The van der Waals surface area contributed by atoms with Crippen molar-refractivity contribution in [1.29, 1.82) is 0 Å². The molecular formula is C18H13Cl2NO6S. The highest BCUT2D eigenvalue weighted by atomic mass is 35.5. The lowest BCUT2D eigenvalue weighted by atomic mass is 10.1. The Balaban J connectivity index is 2.06. The molecular weight excluding hydrogens is 429 g/mol. The first-order chi connectivity index (χ1) is 13.2. The molecule has 2 heterocycles. The summed E-state index contributed by atoms with van der Waals surface area (Å²) in [7, 11) is -4.25. The molecule has 0 radical (unpaired) electrons. The zero-order valence-corrected chi connectivity index (χ0v) is 16.7. The Bertz CT molecular complexity index is 1140. The van der Waals surface area contributed by atoms with Crippen LogP contribution < -0.4 is 0 Å². The van der Waals surface area contributed by atoms with Crippen LogP contribution >= 0.6 is 23.2 Å². The van der Waals surface area contributed by atoms with Crippen molar-refractivity contribution in [2.75, 3.05) is 0 Å². The molecule has 0 fully saturated rings. The van der Waals surface area contributed by atoms with Gasteiger partial charge in [0, 0.05) is 11.6 Å². The molecule has 3 aromatic rings. The number of sulfone groups is 1. The predicted molar refractivity (Wildman–Crippen MR) is 107 cm³/mol. The fraction of sp³-hybridized carbons (Fsp3) is 0.111. The second-order valence-corrected chi connectivity index (χ2v) is 9.39. The summed E-state index contributed by atoms with van der Waals surface area (Å²) < 4.78 is 34.0. The van der Waals surface area contributed by atoms with Crippen LogP contribution in [0.25, 0.3) is 22.3 Å². The number of benzene rings is 1. The third-order valence-electron chi connectivity index (χ3n) is 3.79. The van der Waals surface area contributed by atoms with Gasteiger partial charge in [0.1, 0.15) is 21.3 Å². The van der Waals surface area contributed by atoms with Crippen LogP contribution in [0.2, 0.25) is 0 Å². The second kappa shape index (κ2) is 7.83. The average Bonchev–Trinajstić information content (AvgIpc) is 3.29. The lowest BCUT2D eigenvalue weighted by Crippen LogP contribution is -2.10. The van der Waals surface area contributed by atoms with Gasteiger partial charge in [0.25, 0.3) is 0 Å². The molecule has 7 nitrogen and oxygen atoms in total. The van der Waals surface area contributed by atoms with Crippen molar-refractivity contribution in [2.45, 2.75) is 11.1 Å². The van der Waals surface area contributed by atoms with E-state index in [2.05, 4.69) is 0 Å². The molecule has 1 aromatic carbocycles. The van der Waals surface area contributed by atoms with Gasteiger partial charge in [0.2, 0.25) is 14.0 Å². The maximum Gasteiger partial charge on any atom is 0.433 e.